The predicted octanol–water partition coefficient (Wildman–Crippen LogP) is 3.69. The molecule has 1 atom stereocenters. The zero-order chi connectivity index (χ0) is 13.8. The van der Waals surface area contributed by atoms with Crippen LogP contribution in [-0.4, -0.2) is 19.3 Å². The van der Waals surface area contributed by atoms with E-state index in [0.29, 0.717) is 6.10 Å². The fourth-order valence-corrected chi connectivity index (χ4v) is 2.74. The van der Waals surface area contributed by atoms with E-state index in [2.05, 4.69) is 17.5 Å². The maximum Gasteiger partial charge on any atom is 0.0998 e. The van der Waals surface area contributed by atoms with Crippen LogP contribution in [0.1, 0.15) is 24.8 Å². The topological polar surface area (TPSA) is 45.0 Å². The van der Waals surface area contributed by atoms with Crippen molar-refractivity contribution in [1.29, 1.82) is 5.26 Å². The molecule has 0 amide bonds. The van der Waals surface area contributed by atoms with Crippen molar-refractivity contribution in [3.63, 3.8) is 0 Å². The summed E-state index contributed by atoms with van der Waals surface area (Å²) in [5.41, 5.74) is 1.80. The van der Waals surface area contributed by atoms with Crippen molar-refractivity contribution in [2.75, 3.05) is 18.5 Å². The third-order valence-electron chi connectivity index (χ3n) is 3.84. The van der Waals surface area contributed by atoms with Gasteiger partial charge in [0, 0.05) is 29.6 Å². The fraction of sp³-hybridized carbons (Fsp3) is 0.353. The zero-order valence-corrected chi connectivity index (χ0v) is 11.4. The molecule has 20 heavy (non-hydrogen) atoms. The average Bonchev–Trinajstić information content (AvgIpc) is 2.53. The first-order valence-electron chi connectivity index (χ1n) is 7.16. The highest BCUT2D eigenvalue weighted by Gasteiger charge is 2.14. The quantitative estimate of drug-likeness (QED) is 0.921. The average molecular weight is 266 g/mol. The lowest BCUT2D eigenvalue weighted by molar-refractivity contribution is 0.0248. The van der Waals surface area contributed by atoms with Crippen LogP contribution < -0.4 is 5.32 Å². The maximum absolute atomic E-state index is 9.17. The Bertz CT molecular complexity index is 639. The first kappa shape index (κ1) is 13.0. The minimum atomic E-state index is 0.304. The maximum atomic E-state index is 9.17. The van der Waals surface area contributed by atoms with Crippen LogP contribution in [-0.2, 0) is 4.74 Å². The number of nitriles is 1. The van der Waals surface area contributed by atoms with E-state index in [4.69, 9.17) is 10.00 Å². The molecule has 2 aromatic rings. The molecule has 2 aromatic carbocycles. The van der Waals surface area contributed by atoms with Crippen LogP contribution in [0.15, 0.2) is 36.4 Å². The van der Waals surface area contributed by atoms with E-state index in [1.165, 1.54) is 12.8 Å². The van der Waals surface area contributed by atoms with Crippen LogP contribution >= 0.6 is 0 Å². The van der Waals surface area contributed by atoms with E-state index >= 15 is 0 Å². The lowest BCUT2D eigenvalue weighted by Crippen LogP contribution is -2.27. The molecule has 0 aliphatic carbocycles. The van der Waals surface area contributed by atoms with Gasteiger partial charge < -0.3 is 10.1 Å². The van der Waals surface area contributed by atoms with E-state index in [1.54, 1.807) is 0 Å². The lowest BCUT2D eigenvalue weighted by atomic mass is 10.0. The van der Waals surface area contributed by atoms with Gasteiger partial charge >= 0.3 is 0 Å². The molecule has 3 nitrogen and oxygen atoms in total. The SMILES string of the molecule is N#Cc1ccc(NCC2CCCCO2)c2ccccc12. The molecule has 1 N–H and O–H groups in total. The van der Waals surface area contributed by atoms with Crippen LogP contribution in [0, 0.1) is 11.3 Å². The normalized spacial score (nSPS) is 18.6. The molecule has 102 valence electrons. The van der Waals surface area contributed by atoms with Crippen LogP contribution in [0.25, 0.3) is 10.8 Å². The molecule has 0 radical (unpaired) electrons. The van der Waals surface area contributed by atoms with E-state index in [0.717, 1.165) is 41.6 Å². The van der Waals surface area contributed by atoms with E-state index < -0.39 is 0 Å². The first-order chi connectivity index (χ1) is 9.88. The molecule has 3 heteroatoms. The van der Waals surface area contributed by atoms with Crippen molar-refractivity contribution in [2.45, 2.75) is 25.4 Å². The lowest BCUT2D eigenvalue weighted by Gasteiger charge is -2.23. The Morgan fingerprint density at radius 3 is 2.75 bits per heavy atom. The molecule has 1 aliphatic rings. The summed E-state index contributed by atoms with van der Waals surface area (Å²) < 4.78 is 5.74. The first-order valence-corrected chi connectivity index (χ1v) is 7.16. The number of anilines is 1. The largest absolute Gasteiger partial charge is 0.382 e. The minimum Gasteiger partial charge on any atom is -0.382 e. The van der Waals surface area contributed by atoms with E-state index in [-0.39, 0.29) is 0 Å². The molecular formula is C17H18N2O. The molecule has 0 bridgehead atoms. The van der Waals surface area contributed by atoms with Gasteiger partial charge in [0.2, 0.25) is 0 Å². The molecule has 0 saturated carbocycles. The Kier molecular flexibility index (Phi) is 3.85. The summed E-state index contributed by atoms with van der Waals surface area (Å²) >= 11 is 0. The molecule has 3 rings (SSSR count). The Balaban J connectivity index is 1.83. The second-order valence-electron chi connectivity index (χ2n) is 5.19. The van der Waals surface area contributed by atoms with Crippen LogP contribution in [0.5, 0.6) is 0 Å². The Labute approximate surface area is 119 Å². The number of fused-ring (bicyclic) bond motifs is 1. The summed E-state index contributed by atoms with van der Waals surface area (Å²) in [4.78, 5) is 0. The monoisotopic (exact) mass is 266 g/mol. The van der Waals surface area contributed by atoms with Gasteiger partial charge in [-0.3, -0.25) is 0 Å². The third kappa shape index (κ3) is 2.61. The van der Waals surface area contributed by atoms with Crippen molar-refractivity contribution in [2.24, 2.45) is 0 Å². The summed E-state index contributed by atoms with van der Waals surface area (Å²) in [6, 6.07) is 14.1. The number of hydrogen-bond acceptors (Lipinski definition) is 3. The van der Waals surface area contributed by atoms with Crippen molar-refractivity contribution >= 4 is 16.5 Å². The van der Waals surface area contributed by atoms with Crippen LogP contribution in [0.4, 0.5) is 5.69 Å². The smallest absolute Gasteiger partial charge is 0.0998 e. The molecular weight excluding hydrogens is 248 g/mol. The number of rotatable bonds is 3. The number of benzene rings is 2. The standard InChI is InChI=1S/C17H18N2O/c18-11-13-8-9-17(16-7-2-1-6-15(13)16)19-12-14-5-3-4-10-20-14/h1-2,6-9,14,19H,3-5,10,12H2. The summed E-state index contributed by atoms with van der Waals surface area (Å²) in [6.07, 6.45) is 3.86. The number of hydrogen-bond donors (Lipinski definition) is 1. The third-order valence-corrected chi connectivity index (χ3v) is 3.84. The Morgan fingerprint density at radius 1 is 1.15 bits per heavy atom. The van der Waals surface area contributed by atoms with Crippen molar-refractivity contribution < 1.29 is 4.74 Å². The van der Waals surface area contributed by atoms with Crippen molar-refractivity contribution in [3.8, 4) is 6.07 Å². The highest BCUT2D eigenvalue weighted by Crippen LogP contribution is 2.26. The van der Waals surface area contributed by atoms with E-state index in [1.807, 2.05) is 30.3 Å². The zero-order valence-electron chi connectivity index (χ0n) is 11.4. The van der Waals surface area contributed by atoms with Gasteiger partial charge in [-0.2, -0.15) is 5.26 Å². The van der Waals surface area contributed by atoms with Gasteiger partial charge in [-0.25, -0.2) is 0 Å². The predicted molar refractivity (Wildman–Crippen MR) is 80.7 cm³/mol. The molecule has 1 saturated heterocycles. The minimum absolute atomic E-state index is 0.304. The molecule has 1 unspecified atom stereocenters. The van der Waals surface area contributed by atoms with Gasteiger partial charge in [0.05, 0.1) is 17.7 Å². The highest BCUT2D eigenvalue weighted by molar-refractivity contribution is 5.97. The van der Waals surface area contributed by atoms with Gasteiger partial charge in [-0.05, 0) is 31.4 Å². The molecule has 1 heterocycles. The molecule has 1 aliphatic heterocycles. The van der Waals surface area contributed by atoms with Gasteiger partial charge in [-0.15, -0.1) is 0 Å². The second-order valence-corrected chi connectivity index (χ2v) is 5.19. The Hall–Kier alpha value is -2.05. The summed E-state index contributed by atoms with van der Waals surface area (Å²) in [5, 5.41) is 14.7. The van der Waals surface area contributed by atoms with Gasteiger partial charge in [-0.1, -0.05) is 24.3 Å². The number of nitrogens with one attached hydrogen (secondary N) is 1. The summed E-state index contributed by atoms with van der Waals surface area (Å²) in [5.74, 6) is 0. The van der Waals surface area contributed by atoms with Gasteiger partial charge in [0.1, 0.15) is 0 Å². The molecule has 0 spiro atoms. The second kappa shape index (κ2) is 5.94. The number of nitrogens with zero attached hydrogens (tertiary/aromatic N) is 1. The summed E-state index contributed by atoms with van der Waals surface area (Å²) in [6.45, 7) is 1.70. The number of ether oxygens (including phenoxy) is 1. The Morgan fingerprint density at radius 2 is 2.00 bits per heavy atom. The van der Waals surface area contributed by atoms with Gasteiger partial charge in [0.15, 0.2) is 0 Å². The van der Waals surface area contributed by atoms with Crippen molar-refractivity contribution in [1.82, 2.24) is 0 Å². The highest BCUT2D eigenvalue weighted by atomic mass is 16.5. The summed E-state index contributed by atoms with van der Waals surface area (Å²) in [7, 11) is 0. The van der Waals surface area contributed by atoms with Gasteiger partial charge in [0.25, 0.3) is 0 Å². The van der Waals surface area contributed by atoms with Crippen molar-refractivity contribution in [3.05, 3.63) is 42.0 Å². The van der Waals surface area contributed by atoms with Crippen LogP contribution in [0.2, 0.25) is 0 Å². The van der Waals surface area contributed by atoms with Crippen LogP contribution in [0.3, 0.4) is 0 Å². The molecule has 0 aromatic heterocycles. The van der Waals surface area contributed by atoms with E-state index in [9.17, 15) is 0 Å². The fourth-order valence-electron chi connectivity index (χ4n) is 2.74. The molecule has 1 fully saturated rings.